The molecule has 9 heteroatoms. The van der Waals surface area contributed by atoms with Crippen molar-refractivity contribution in [1.29, 1.82) is 0 Å². The van der Waals surface area contributed by atoms with Gasteiger partial charge in [-0.05, 0) is 67.8 Å². The van der Waals surface area contributed by atoms with Crippen LogP contribution >= 0.6 is 0 Å². The van der Waals surface area contributed by atoms with Gasteiger partial charge in [0.25, 0.3) is 0 Å². The number of amides is 1. The smallest absolute Gasteiger partial charge is 0.243 e. The van der Waals surface area contributed by atoms with Gasteiger partial charge in [-0.15, -0.1) is 0 Å². The van der Waals surface area contributed by atoms with Crippen molar-refractivity contribution in [3.05, 3.63) is 72.6 Å². The summed E-state index contributed by atoms with van der Waals surface area (Å²) >= 11 is 0. The largest absolute Gasteiger partial charge is 0.492 e. The summed E-state index contributed by atoms with van der Waals surface area (Å²) in [6.45, 7) is 4.40. The maximum atomic E-state index is 11.0. The van der Waals surface area contributed by atoms with Crippen LogP contribution in [0.4, 0.5) is 5.82 Å². The number of ether oxygens (including phenoxy) is 1. The first-order valence-corrected chi connectivity index (χ1v) is 13.2. The highest BCUT2D eigenvalue weighted by molar-refractivity contribution is 5.91. The Morgan fingerprint density at radius 2 is 1.79 bits per heavy atom. The Hall–Kier alpha value is -3.95. The van der Waals surface area contributed by atoms with E-state index in [4.69, 9.17) is 9.94 Å². The molecule has 0 spiro atoms. The highest BCUT2D eigenvalue weighted by Gasteiger charge is 2.12. The van der Waals surface area contributed by atoms with Gasteiger partial charge in [0.05, 0.1) is 5.39 Å². The van der Waals surface area contributed by atoms with E-state index in [2.05, 4.69) is 50.7 Å². The molecule has 1 atom stereocenters. The van der Waals surface area contributed by atoms with E-state index >= 15 is 0 Å². The summed E-state index contributed by atoms with van der Waals surface area (Å²) in [7, 11) is 0. The average Bonchev–Trinajstić information content (AvgIpc) is 3.40. The van der Waals surface area contributed by atoms with Crippen molar-refractivity contribution in [2.75, 3.05) is 25.0 Å². The first kappa shape index (κ1) is 27.1. The third kappa shape index (κ3) is 7.77. The number of nitrogens with zero attached hydrogens (tertiary/aromatic N) is 2. The molecule has 0 unspecified atom stereocenters. The molecule has 0 saturated heterocycles. The number of H-pyrrole nitrogens is 1. The standard InChI is InChI=1S/C29H36N6O3/c1-21(22-9-5-4-6-10-22)33-28-25-19-26(34-29(25)32-20-31-28)23-12-14-24(15-13-23)38-18-17-30-16-8-3-2-7-11-27(36)35-37/h4-6,9-10,12-15,19-21,30,37H,2-3,7-8,11,16-18H2,1H3,(H,35,36)(H2,31,32,33,34)/t21-/m1/s1. The molecule has 0 aliphatic rings. The number of nitrogens with one attached hydrogen (secondary N) is 4. The summed E-state index contributed by atoms with van der Waals surface area (Å²) in [5.74, 6) is 1.31. The summed E-state index contributed by atoms with van der Waals surface area (Å²) in [5, 5.41) is 16.3. The molecule has 2 aromatic heterocycles. The van der Waals surface area contributed by atoms with Gasteiger partial charge in [-0.2, -0.15) is 0 Å². The van der Waals surface area contributed by atoms with Crippen LogP contribution in [-0.2, 0) is 4.79 Å². The third-order valence-electron chi connectivity index (χ3n) is 6.42. The van der Waals surface area contributed by atoms with Crippen LogP contribution in [0.2, 0.25) is 0 Å². The zero-order chi connectivity index (χ0) is 26.6. The average molecular weight is 517 g/mol. The topological polar surface area (TPSA) is 124 Å². The molecule has 9 nitrogen and oxygen atoms in total. The minimum atomic E-state index is -0.320. The van der Waals surface area contributed by atoms with Gasteiger partial charge in [0.1, 0.15) is 30.1 Å². The van der Waals surface area contributed by atoms with Crippen molar-refractivity contribution in [2.45, 2.75) is 45.1 Å². The molecule has 4 aromatic rings. The van der Waals surface area contributed by atoms with Crippen LogP contribution in [0.5, 0.6) is 5.75 Å². The third-order valence-corrected chi connectivity index (χ3v) is 6.42. The SMILES string of the molecule is C[C@@H](Nc1ncnc2[nH]c(-c3ccc(OCCNCCCCCCC(=O)NO)cc3)cc12)c1ccccc1. The number of fused-ring (bicyclic) bond motifs is 1. The van der Waals surface area contributed by atoms with Crippen molar-refractivity contribution in [3.63, 3.8) is 0 Å². The summed E-state index contributed by atoms with van der Waals surface area (Å²) in [5.41, 5.74) is 5.67. The molecule has 5 N–H and O–H groups in total. The van der Waals surface area contributed by atoms with Crippen LogP contribution in [0.1, 0.15) is 50.6 Å². The molecule has 2 heterocycles. The number of aromatic amines is 1. The van der Waals surface area contributed by atoms with Crippen molar-refractivity contribution in [1.82, 2.24) is 25.7 Å². The number of carbonyl (C=O) groups excluding carboxylic acids is 1. The van der Waals surface area contributed by atoms with Gasteiger partial charge in [-0.1, -0.05) is 43.2 Å². The van der Waals surface area contributed by atoms with Gasteiger partial charge in [-0.25, -0.2) is 15.4 Å². The predicted octanol–water partition coefficient (Wildman–Crippen LogP) is 5.22. The Bertz CT molecular complexity index is 1280. The fourth-order valence-electron chi connectivity index (χ4n) is 4.28. The summed E-state index contributed by atoms with van der Waals surface area (Å²) < 4.78 is 5.87. The monoisotopic (exact) mass is 516 g/mol. The molecule has 1 amide bonds. The first-order chi connectivity index (χ1) is 18.6. The van der Waals surface area contributed by atoms with Gasteiger partial charge < -0.3 is 20.4 Å². The molecule has 0 fully saturated rings. The number of carbonyl (C=O) groups is 1. The van der Waals surface area contributed by atoms with E-state index in [1.54, 1.807) is 11.8 Å². The Balaban J connectivity index is 1.22. The minimum absolute atomic E-state index is 0.116. The number of unbranched alkanes of at least 4 members (excludes halogenated alkanes) is 3. The van der Waals surface area contributed by atoms with E-state index in [1.165, 1.54) is 5.56 Å². The van der Waals surface area contributed by atoms with Gasteiger partial charge in [-0.3, -0.25) is 10.0 Å². The zero-order valence-corrected chi connectivity index (χ0v) is 21.7. The highest BCUT2D eigenvalue weighted by Crippen LogP contribution is 2.29. The maximum absolute atomic E-state index is 11.0. The van der Waals surface area contributed by atoms with E-state index in [0.29, 0.717) is 13.0 Å². The van der Waals surface area contributed by atoms with Crippen molar-refractivity contribution in [2.24, 2.45) is 0 Å². The molecule has 4 rings (SSSR count). The molecular weight excluding hydrogens is 480 g/mol. The zero-order valence-electron chi connectivity index (χ0n) is 21.7. The van der Waals surface area contributed by atoms with Crippen LogP contribution in [0.15, 0.2) is 67.0 Å². The van der Waals surface area contributed by atoms with Crippen LogP contribution in [-0.4, -0.2) is 45.8 Å². The van der Waals surface area contributed by atoms with Crippen LogP contribution in [0.25, 0.3) is 22.3 Å². The first-order valence-electron chi connectivity index (χ1n) is 13.2. The fourth-order valence-corrected chi connectivity index (χ4v) is 4.28. The number of hydrogen-bond acceptors (Lipinski definition) is 7. The van der Waals surface area contributed by atoms with E-state index in [-0.39, 0.29) is 11.9 Å². The maximum Gasteiger partial charge on any atom is 0.243 e. The number of benzene rings is 2. The number of hydrogen-bond donors (Lipinski definition) is 5. The Labute approximate surface area is 223 Å². The molecule has 2 aromatic carbocycles. The van der Waals surface area contributed by atoms with Crippen molar-refractivity contribution in [3.8, 4) is 17.0 Å². The molecular formula is C29H36N6O3. The molecule has 0 aliphatic heterocycles. The van der Waals surface area contributed by atoms with E-state index in [0.717, 1.165) is 72.6 Å². The van der Waals surface area contributed by atoms with Crippen molar-refractivity contribution < 1.29 is 14.7 Å². The lowest BCUT2D eigenvalue weighted by Crippen LogP contribution is -2.22. The lowest BCUT2D eigenvalue weighted by molar-refractivity contribution is -0.129. The molecule has 0 bridgehead atoms. The number of aromatic nitrogens is 3. The minimum Gasteiger partial charge on any atom is -0.492 e. The molecule has 200 valence electrons. The number of rotatable bonds is 15. The van der Waals surface area contributed by atoms with E-state index in [9.17, 15) is 4.79 Å². The van der Waals surface area contributed by atoms with Crippen molar-refractivity contribution >= 4 is 22.8 Å². The number of anilines is 1. The highest BCUT2D eigenvalue weighted by atomic mass is 16.5. The molecule has 38 heavy (non-hydrogen) atoms. The van der Waals surface area contributed by atoms with Crippen LogP contribution < -0.4 is 20.9 Å². The summed E-state index contributed by atoms with van der Waals surface area (Å²) in [6, 6.07) is 20.5. The van der Waals surface area contributed by atoms with Crippen LogP contribution in [0, 0.1) is 0 Å². The number of hydroxylamine groups is 1. The quantitative estimate of drug-likeness (QED) is 0.0833. The van der Waals surface area contributed by atoms with Crippen LogP contribution in [0.3, 0.4) is 0 Å². The second kappa shape index (κ2) is 14.1. The van der Waals surface area contributed by atoms with Gasteiger partial charge >= 0.3 is 0 Å². The van der Waals surface area contributed by atoms with E-state index in [1.807, 2.05) is 42.5 Å². The Kier molecular flexibility index (Phi) is 10.1. The van der Waals surface area contributed by atoms with E-state index < -0.39 is 0 Å². The lowest BCUT2D eigenvalue weighted by atomic mass is 10.1. The normalized spacial score (nSPS) is 11.8. The second-order valence-corrected chi connectivity index (χ2v) is 9.27. The molecule has 0 saturated carbocycles. The Morgan fingerprint density at radius 3 is 2.58 bits per heavy atom. The fraction of sp³-hybridized carbons (Fsp3) is 0.345. The lowest BCUT2D eigenvalue weighted by Gasteiger charge is -2.15. The second-order valence-electron chi connectivity index (χ2n) is 9.27. The summed E-state index contributed by atoms with van der Waals surface area (Å²) in [6.07, 6.45) is 5.82. The van der Waals surface area contributed by atoms with Gasteiger partial charge in [0.15, 0.2) is 0 Å². The molecule has 0 aliphatic carbocycles. The van der Waals surface area contributed by atoms with Gasteiger partial charge in [0.2, 0.25) is 5.91 Å². The molecule has 0 radical (unpaired) electrons. The predicted molar refractivity (Wildman–Crippen MR) is 149 cm³/mol. The summed E-state index contributed by atoms with van der Waals surface area (Å²) in [4.78, 5) is 23.3. The Morgan fingerprint density at radius 1 is 1.00 bits per heavy atom. The van der Waals surface area contributed by atoms with Gasteiger partial charge in [0, 0.05) is 24.7 Å².